The molecule has 0 aliphatic rings. The molecular weight excluding hydrogens is 490 g/mol. The minimum absolute atomic E-state index is 0.0348. The standard InChI is InChI=1S/C23H27N5O5S2/c1-5-21(28(34(4,30)31)19-9-7-6-8-10-19)22(29)26-18-11-13-20(14-12-18)35(32,33)27-23-24-16(2)15-17(3)25-23/h6-15,21H,5H2,1-4H3,(H,26,29)(H,24,25,27). The molecule has 12 heteroatoms. The Morgan fingerprint density at radius 3 is 2.03 bits per heavy atom. The van der Waals surface area contributed by atoms with E-state index in [0.29, 0.717) is 22.8 Å². The summed E-state index contributed by atoms with van der Waals surface area (Å²) in [5.74, 6) is -0.577. The third kappa shape index (κ3) is 6.55. The SMILES string of the molecule is CCC(C(=O)Nc1ccc(S(=O)(=O)Nc2nc(C)cc(C)n2)cc1)N(c1ccccc1)S(C)(=O)=O. The fourth-order valence-corrected chi connectivity index (χ4v) is 5.68. The predicted molar refractivity (Wildman–Crippen MR) is 135 cm³/mol. The maximum atomic E-state index is 13.0. The highest BCUT2D eigenvalue weighted by molar-refractivity contribution is 7.92. The zero-order valence-electron chi connectivity index (χ0n) is 19.8. The monoisotopic (exact) mass is 517 g/mol. The van der Waals surface area contributed by atoms with E-state index in [2.05, 4.69) is 20.0 Å². The van der Waals surface area contributed by atoms with Gasteiger partial charge in [-0.1, -0.05) is 25.1 Å². The average Bonchev–Trinajstić information content (AvgIpc) is 2.76. The van der Waals surface area contributed by atoms with Gasteiger partial charge in [-0.05, 0) is 62.7 Å². The summed E-state index contributed by atoms with van der Waals surface area (Å²) in [5, 5.41) is 2.67. The van der Waals surface area contributed by atoms with Crippen LogP contribution in [0, 0.1) is 13.8 Å². The number of para-hydroxylation sites is 1. The summed E-state index contributed by atoms with van der Waals surface area (Å²) in [5.41, 5.74) is 1.93. The topological polar surface area (TPSA) is 138 Å². The number of amides is 1. The first-order valence-electron chi connectivity index (χ1n) is 10.7. The molecule has 1 heterocycles. The molecule has 3 rings (SSSR count). The second kappa shape index (κ2) is 10.4. The van der Waals surface area contributed by atoms with Crippen LogP contribution in [0.1, 0.15) is 24.7 Å². The molecule has 3 aromatic rings. The molecule has 1 aromatic heterocycles. The van der Waals surface area contributed by atoms with E-state index in [0.717, 1.165) is 10.6 Å². The molecule has 0 fully saturated rings. The van der Waals surface area contributed by atoms with Crippen molar-refractivity contribution in [3.05, 3.63) is 72.1 Å². The van der Waals surface area contributed by atoms with E-state index < -0.39 is 32.0 Å². The van der Waals surface area contributed by atoms with Crippen LogP contribution in [0.5, 0.6) is 0 Å². The van der Waals surface area contributed by atoms with Crippen LogP contribution in [0.25, 0.3) is 0 Å². The van der Waals surface area contributed by atoms with Crippen molar-refractivity contribution in [2.75, 3.05) is 20.6 Å². The maximum absolute atomic E-state index is 13.0. The Morgan fingerprint density at radius 2 is 1.51 bits per heavy atom. The molecule has 1 atom stereocenters. The molecule has 0 spiro atoms. The van der Waals surface area contributed by atoms with Crippen LogP contribution < -0.4 is 14.3 Å². The van der Waals surface area contributed by atoms with Crippen molar-refractivity contribution in [1.29, 1.82) is 0 Å². The first kappa shape index (κ1) is 26.1. The van der Waals surface area contributed by atoms with Gasteiger partial charge in [0.15, 0.2) is 0 Å². The van der Waals surface area contributed by atoms with Crippen molar-refractivity contribution in [3.63, 3.8) is 0 Å². The summed E-state index contributed by atoms with van der Waals surface area (Å²) in [6.07, 6.45) is 1.27. The van der Waals surface area contributed by atoms with Crippen molar-refractivity contribution in [2.45, 2.75) is 38.1 Å². The Kier molecular flexibility index (Phi) is 7.76. The highest BCUT2D eigenvalue weighted by Crippen LogP contribution is 2.23. The molecule has 0 radical (unpaired) electrons. The molecule has 0 aliphatic heterocycles. The van der Waals surface area contributed by atoms with Gasteiger partial charge in [0.05, 0.1) is 16.8 Å². The zero-order valence-corrected chi connectivity index (χ0v) is 21.4. The molecule has 1 unspecified atom stereocenters. The largest absolute Gasteiger partial charge is 0.324 e. The Morgan fingerprint density at radius 1 is 0.943 bits per heavy atom. The molecule has 0 bridgehead atoms. The fraction of sp³-hybridized carbons (Fsp3) is 0.261. The van der Waals surface area contributed by atoms with Crippen LogP contribution in [0.2, 0.25) is 0 Å². The van der Waals surface area contributed by atoms with Crippen LogP contribution in [-0.2, 0) is 24.8 Å². The number of hydrogen-bond acceptors (Lipinski definition) is 7. The number of hydrogen-bond donors (Lipinski definition) is 2. The highest BCUT2D eigenvalue weighted by atomic mass is 32.2. The van der Waals surface area contributed by atoms with Crippen LogP contribution in [-0.4, -0.2) is 45.0 Å². The third-order valence-electron chi connectivity index (χ3n) is 4.98. The quantitative estimate of drug-likeness (QED) is 0.445. The van der Waals surface area contributed by atoms with Gasteiger partial charge in [0, 0.05) is 17.1 Å². The fourth-order valence-electron chi connectivity index (χ4n) is 3.53. The summed E-state index contributed by atoms with van der Waals surface area (Å²) in [4.78, 5) is 21.1. The van der Waals surface area contributed by atoms with Crippen LogP contribution in [0.3, 0.4) is 0 Å². The number of nitrogens with one attached hydrogen (secondary N) is 2. The summed E-state index contributed by atoms with van der Waals surface area (Å²) in [6.45, 7) is 5.17. The lowest BCUT2D eigenvalue weighted by Gasteiger charge is -2.30. The van der Waals surface area contributed by atoms with Gasteiger partial charge in [-0.15, -0.1) is 0 Å². The van der Waals surface area contributed by atoms with Crippen molar-refractivity contribution < 1.29 is 21.6 Å². The van der Waals surface area contributed by atoms with Crippen LogP contribution >= 0.6 is 0 Å². The molecule has 0 aliphatic carbocycles. The van der Waals surface area contributed by atoms with Gasteiger partial charge in [0.25, 0.3) is 10.0 Å². The lowest BCUT2D eigenvalue weighted by Crippen LogP contribution is -2.46. The number of sulfonamides is 2. The first-order chi connectivity index (χ1) is 16.4. The van der Waals surface area contributed by atoms with Gasteiger partial charge in [0.2, 0.25) is 21.9 Å². The van der Waals surface area contributed by atoms with E-state index in [4.69, 9.17) is 0 Å². The molecule has 0 saturated heterocycles. The smallest absolute Gasteiger partial charge is 0.264 e. The second-order valence-corrected chi connectivity index (χ2v) is 11.5. The number of carbonyl (C=O) groups is 1. The number of aryl methyl sites for hydroxylation is 2. The Hall–Kier alpha value is -3.51. The van der Waals surface area contributed by atoms with E-state index in [1.54, 1.807) is 57.2 Å². The van der Waals surface area contributed by atoms with Crippen LogP contribution in [0.4, 0.5) is 17.3 Å². The lowest BCUT2D eigenvalue weighted by molar-refractivity contribution is -0.117. The lowest BCUT2D eigenvalue weighted by atomic mass is 10.2. The normalized spacial score (nSPS) is 12.6. The van der Waals surface area contributed by atoms with E-state index >= 15 is 0 Å². The molecule has 1 amide bonds. The summed E-state index contributed by atoms with van der Waals surface area (Å²) < 4.78 is 53.9. The molecule has 2 N–H and O–H groups in total. The van der Waals surface area contributed by atoms with Gasteiger partial charge in [-0.2, -0.15) is 0 Å². The number of anilines is 3. The van der Waals surface area contributed by atoms with Crippen molar-refractivity contribution >= 4 is 43.3 Å². The zero-order chi connectivity index (χ0) is 25.8. The van der Waals surface area contributed by atoms with Crippen molar-refractivity contribution in [3.8, 4) is 0 Å². The molecule has 35 heavy (non-hydrogen) atoms. The van der Waals surface area contributed by atoms with E-state index in [-0.39, 0.29) is 17.3 Å². The number of aromatic nitrogens is 2. The minimum atomic E-state index is -3.96. The number of nitrogens with zero attached hydrogens (tertiary/aromatic N) is 3. The average molecular weight is 518 g/mol. The summed E-state index contributed by atoms with van der Waals surface area (Å²) >= 11 is 0. The Labute approximate surface area is 205 Å². The summed E-state index contributed by atoms with van der Waals surface area (Å²) in [7, 11) is -7.71. The van der Waals surface area contributed by atoms with Crippen molar-refractivity contribution in [1.82, 2.24) is 9.97 Å². The predicted octanol–water partition coefficient (Wildman–Crippen LogP) is 3.08. The molecule has 10 nitrogen and oxygen atoms in total. The van der Waals surface area contributed by atoms with Gasteiger partial charge in [-0.3, -0.25) is 9.10 Å². The second-order valence-electron chi connectivity index (χ2n) is 7.91. The number of benzene rings is 2. The van der Waals surface area contributed by atoms with Gasteiger partial charge < -0.3 is 5.32 Å². The van der Waals surface area contributed by atoms with Crippen LogP contribution in [0.15, 0.2) is 65.6 Å². The number of carbonyl (C=O) groups excluding carboxylic acids is 1. The molecule has 2 aromatic carbocycles. The van der Waals surface area contributed by atoms with E-state index in [1.807, 2.05) is 0 Å². The molecule has 0 saturated carbocycles. The third-order valence-corrected chi connectivity index (χ3v) is 7.50. The Balaban J connectivity index is 1.79. The van der Waals surface area contributed by atoms with Gasteiger partial charge >= 0.3 is 0 Å². The first-order valence-corrected chi connectivity index (χ1v) is 14.0. The summed E-state index contributed by atoms with van der Waals surface area (Å²) in [6, 6.07) is 14.6. The van der Waals surface area contributed by atoms with Crippen molar-refractivity contribution in [2.24, 2.45) is 0 Å². The highest BCUT2D eigenvalue weighted by Gasteiger charge is 2.31. The van der Waals surface area contributed by atoms with E-state index in [9.17, 15) is 21.6 Å². The molecular formula is C23H27N5O5S2. The minimum Gasteiger partial charge on any atom is -0.324 e. The maximum Gasteiger partial charge on any atom is 0.264 e. The van der Waals surface area contributed by atoms with Gasteiger partial charge in [0.1, 0.15) is 6.04 Å². The Bertz CT molecular complexity index is 1390. The van der Waals surface area contributed by atoms with Gasteiger partial charge in [-0.25, -0.2) is 31.5 Å². The number of rotatable bonds is 9. The molecule has 186 valence electrons. The van der Waals surface area contributed by atoms with E-state index in [1.165, 1.54) is 24.3 Å².